The van der Waals surface area contributed by atoms with E-state index >= 15 is 4.39 Å². The van der Waals surface area contributed by atoms with Crippen molar-refractivity contribution < 1.29 is 32.7 Å². The number of aromatic nitrogens is 2. The molecule has 0 N–H and O–H groups in total. The average Bonchev–Trinajstić information content (AvgIpc) is 3.79. The molecule has 1 atom stereocenters. The summed E-state index contributed by atoms with van der Waals surface area (Å²) < 4.78 is 38.6. The second-order valence-corrected chi connectivity index (χ2v) is 14.2. The van der Waals surface area contributed by atoms with Gasteiger partial charge in [-0.05, 0) is 102 Å². The predicted molar refractivity (Wildman–Crippen MR) is 185 cm³/mol. The number of likely N-dealkylation sites (tertiary alicyclic amines) is 1. The maximum atomic E-state index is 16.1. The summed E-state index contributed by atoms with van der Waals surface area (Å²) in [4.78, 5) is 37.5. The largest absolute Gasteiger partial charge is 0.497 e. The highest BCUT2D eigenvalue weighted by atomic mass is 19.1. The number of piperidine rings is 1. The molecule has 3 aromatic rings. The highest BCUT2D eigenvalue weighted by molar-refractivity contribution is 5.98. The summed E-state index contributed by atoms with van der Waals surface area (Å²) in [7, 11) is 1.55. The Morgan fingerprint density at radius 1 is 1.02 bits per heavy atom. The summed E-state index contributed by atoms with van der Waals surface area (Å²) in [6.07, 6.45) is 4.81. The van der Waals surface area contributed by atoms with E-state index in [9.17, 15) is 9.59 Å². The standard InChI is InChI=1S/C37H50FN5O6/c1-25(2)33-39-35(49-40-33)42-21-17-26(18-22-42)10-9-23-47-29-15-16-30(31(38)24-29)32(34(44)41-19-7-8-20-41)43(36(45)48-37(3,4)5)27-11-13-28(46-6)14-12-27/h11-16,24-26,32H,7-10,17-23H2,1-6H3. The van der Waals surface area contributed by atoms with Crippen molar-refractivity contribution in [3.05, 3.63) is 59.7 Å². The van der Waals surface area contributed by atoms with Crippen molar-refractivity contribution in [3.8, 4) is 11.5 Å². The van der Waals surface area contributed by atoms with E-state index in [0.717, 1.165) is 57.4 Å². The van der Waals surface area contributed by atoms with Crippen molar-refractivity contribution in [1.29, 1.82) is 0 Å². The van der Waals surface area contributed by atoms with Crippen LogP contribution in [0, 0.1) is 11.7 Å². The highest BCUT2D eigenvalue weighted by Gasteiger charge is 2.40. The molecule has 266 valence electrons. The summed E-state index contributed by atoms with van der Waals surface area (Å²) in [5.74, 6) is 1.46. The van der Waals surface area contributed by atoms with Crippen LogP contribution in [0.25, 0.3) is 0 Å². The van der Waals surface area contributed by atoms with Gasteiger partial charge in [-0.1, -0.05) is 19.0 Å². The van der Waals surface area contributed by atoms with Crippen molar-refractivity contribution in [1.82, 2.24) is 15.0 Å². The minimum atomic E-state index is -1.29. The van der Waals surface area contributed by atoms with Gasteiger partial charge in [-0.25, -0.2) is 9.18 Å². The van der Waals surface area contributed by atoms with Gasteiger partial charge in [0.2, 0.25) is 0 Å². The minimum Gasteiger partial charge on any atom is -0.497 e. The average molecular weight is 680 g/mol. The van der Waals surface area contributed by atoms with Gasteiger partial charge in [-0.3, -0.25) is 9.69 Å². The first kappa shape index (κ1) is 35.9. The second kappa shape index (κ2) is 15.9. The molecule has 0 radical (unpaired) electrons. The quantitative estimate of drug-likeness (QED) is 0.180. The SMILES string of the molecule is COc1ccc(N(C(=O)OC(C)(C)C)C(C(=O)N2CCCC2)c2ccc(OCCCC3CCN(c4nc(C(C)C)no4)CC3)cc2F)cc1. The van der Waals surface area contributed by atoms with E-state index in [1.807, 2.05) is 13.8 Å². The lowest BCUT2D eigenvalue weighted by molar-refractivity contribution is -0.131. The van der Waals surface area contributed by atoms with Crippen LogP contribution in [0.3, 0.4) is 0 Å². The number of nitrogens with zero attached hydrogens (tertiary/aromatic N) is 5. The van der Waals surface area contributed by atoms with E-state index in [4.69, 9.17) is 18.7 Å². The molecule has 2 aromatic carbocycles. The second-order valence-electron chi connectivity index (χ2n) is 14.2. The van der Waals surface area contributed by atoms with Crippen molar-refractivity contribution in [2.24, 2.45) is 5.92 Å². The van der Waals surface area contributed by atoms with Gasteiger partial charge >= 0.3 is 12.1 Å². The van der Waals surface area contributed by atoms with Crippen LogP contribution in [0.5, 0.6) is 11.5 Å². The van der Waals surface area contributed by atoms with Gasteiger partial charge in [0.25, 0.3) is 5.91 Å². The number of carbonyl (C=O) groups excluding carboxylic acids is 2. The van der Waals surface area contributed by atoms with Crippen LogP contribution in [-0.2, 0) is 9.53 Å². The first-order chi connectivity index (χ1) is 23.4. The van der Waals surface area contributed by atoms with Crippen molar-refractivity contribution in [2.75, 3.05) is 49.7 Å². The summed E-state index contributed by atoms with van der Waals surface area (Å²) in [6.45, 7) is 12.6. The molecule has 2 aliphatic heterocycles. The number of carbonyl (C=O) groups is 2. The third kappa shape index (κ3) is 9.21. The smallest absolute Gasteiger partial charge is 0.415 e. The molecule has 11 nitrogen and oxygen atoms in total. The molecule has 12 heteroatoms. The zero-order chi connectivity index (χ0) is 35.1. The van der Waals surface area contributed by atoms with Gasteiger partial charge in [-0.2, -0.15) is 4.98 Å². The van der Waals surface area contributed by atoms with Crippen LogP contribution in [0.2, 0.25) is 0 Å². The Balaban J connectivity index is 1.26. The van der Waals surface area contributed by atoms with Crippen LogP contribution in [-0.4, -0.2) is 72.5 Å². The fourth-order valence-electron chi connectivity index (χ4n) is 6.29. The number of methoxy groups -OCH3 is 1. The molecule has 0 spiro atoms. The number of ether oxygens (including phenoxy) is 3. The molecular formula is C37H50FN5O6. The van der Waals surface area contributed by atoms with Gasteiger partial charge in [0.15, 0.2) is 5.82 Å². The first-order valence-corrected chi connectivity index (χ1v) is 17.4. The van der Waals surface area contributed by atoms with Crippen LogP contribution in [0.15, 0.2) is 47.0 Å². The lowest BCUT2D eigenvalue weighted by atomic mass is 9.92. The van der Waals surface area contributed by atoms with Crippen molar-refractivity contribution in [3.63, 3.8) is 0 Å². The van der Waals surface area contributed by atoms with Gasteiger partial charge in [0.1, 0.15) is 29.0 Å². The number of hydrogen-bond acceptors (Lipinski definition) is 9. The third-order valence-corrected chi connectivity index (χ3v) is 8.98. The Labute approximate surface area is 288 Å². The Bertz CT molecular complexity index is 1540. The zero-order valence-electron chi connectivity index (χ0n) is 29.6. The van der Waals surface area contributed by atoms with Crippen molar-refractivity contribution in [2.45, 2.75) is 90.7 Å². The van der Waals surface area contributed by atoms with Crippen LogP contribution < -0.4 is 19.3 Å². The maximum absolute atomic E-state index is 16.1. The van der Waals surface area contributed by atoms with Crippen molar-refractivity contribution >= 4 is 23.7 Å². The molecule has 0 saturated carbocycles. The Hall–Kier alpha value is -4.35. The summed E-state index contributed by atoms with van der Waals surface area (Å²) in [6, 6.07) is 10.5. The lowest BCUT2D eigenvalue weighted by Gasteiger charge is -2.35. The molecule has 2 amide bonds. The van der Waals surface area contributed by atoms with Gasteiger partial charge < -0.3 is 28.5 Å². The van der Waals surface area contributed by atoms with Crippen LogP contribution in [0.4, 0.5) is 20.9 Å². The van der Waals surface area contributed by atoms with E-state index in [-0.39, 0.29) is 17.4 Å². The maximum Gasteiger partial charge on any atom is 0.415 e. The molecule has 49 heavy (non-hydrogen) atoms. The van der Waals surface area contributed by atoms with Gasteiger partial charge in [0.05, 0.1) is 13.7 Å². The number of rotatable bonds is 12. The molecule has 2 aliphatic rings. The van der Waals surface area contributed by atoms with E-state index in [1.54, 1.807) is 69.2 Å². The summed E-state index contributed by atoms with van der Waals surface area (Å²) >= 11 is 0. The van der Waals surface area contributed by atoms with Crippen LogP contribution in [0.1, 0.15) is 96.5 Å². The predicted octanol–water partition coefficient (Wildman–Crippen LogP) is 7.52. The first-order valence-electron chi connectivity index (χ1n) is 17.4. The Morgan fingerprint density at radius 2 is 1.69 bits per heavy atom. The molecule has 1 unspecified atom stereocenters. The van der Waals surface area contributed by atoms with Gasteiger partial charge in [0, 0.05) is 49.4 Å². The number of halogens is 1. The number of amides is 2. The summed E-state index contributed by atoms with van der Waals surface area (Å²) in [5.41, 5.74) is -0.392. The zero-order valence-corrected chi connectivity index (χ0v) is 29.6. The molecule has 2 saturated heterocycles. The van der Waals surface area contributed by atoms with Crippen LogP contribution >= 0.6 is 0 Å². The molecule has 1 aromatic heterocycles. The molecule has 2 fully saturated rings. The van der Waals surface area contributed by atoms with E-state index < -0.39 is 23.6 Å². The number of anilines is 2. The molecule has 0 aliphatic carbocycles. The van der Waals surface area contributed by atoms with E-state index in [2.05, 4.69) is 15.0 Å². The number of hydrogen-bond donors (Lipinski definition) is 0. The molecular weight excluding hydrogens is 629 g/mol. The fraction of sp³-hybridized carbons (Fsp3) is 0.568. The third-order valence-electron chi connectivity index (χ3n) is 8.98. The normalized spacial score (nSPS) is 16.2. The Morgan fingerprint density at radius 3 is 2.29 bits per heavy atom. The van der Waals surface area contributed by atoms with Gasteiger partial charge in [-0.15, -0.1) is 0 Å². The fourth-order valence-corrected chi connectivity index (χ4v) is 6.29. The lowest BCUT2D eigenvalue weighted by Crippen LogP contribution is -2.47. The topological polar surface area (TPSA) is 110 Å². The van der Waals surface area contributed by atoms with E-state index in [1.165, 1.54) is 11.0 Å². The Kier molecular flexibility index (Phi) is 11.7. The number of benzene rings is 2. The monoisotopic (exact) mass is 679 g/mol. The molecule has 5 rings (SSSR count). The highest BCUT2D eigenvalue weighted by Crippen LogP contribution is 2.35. The summed E-state index contributed by atoms with van der Waals surface area (Å²) in [5, 5.41) is 4.08. The van der Waals surface area contributed by atoms with E-state index in [0.29, 0.717) is 48.8 Å². The molecule has 0 bridgehead atoms. The molecule has 3 heterocycles. The minimum absolute atomic E-state index is 0.0689.